The maximum atomic E-state index is 10.8. The molecule has 116 valence electrons. The minimum atomic E-state index is -1.23. The fourth-order valence-electron chi connectivity index (χ4n) is 2.50. The van der Waals surface area contributed by atoms with Crippen LogP contribution in [0.5, 0.6) is 5.75 Å². The van der Waals surface area contributed by atoms with Gasteiger partial charge in [-0.05, 0) is 31.7 Å². The van der Waals surface area contributed by atoms with Crippen LogP contribution in [0.4, 0.5) is 0 Å². The minimum absolute atomic E-state index is 0. The van der Waals surface area contributed by atoms with Gasteiger partial charge in [-0.15, -0.1) is 11.3 Å². The number of carboxylic acids is 1. The Morgan fingerprint density at radius 2 is 2.22 bits per heavy atom. The van der Waals surface area contributed by atoms with Gasteiger partial charge in [0.1, 0.15) is 5.75 Å². The zero-order valence-electron chi connectivity index (χ0n) is 13.5. The molecule has 1 fully saturated rings. The number of aromatic carboxylic acids is 1. The summed E-state index contributed by atoms with van der Waals surface area (Å²) in [6.45, 7) is 2.80. The van der Waals surface area contributed by atoms with Crippen LogP contribution in [0.25, 0.3) is 0 Å². The van der Waals surface area contributed by atoms with Gasteiger partial charge in [-0.2, -0.15) is 0 Å². The summed E-state index contributed by atoms with van der Waals surface area (Å²) in [5.41, 5.74) is 2.21. The van der Waals surface area contributed by atoms with E-state index in [9.17, 15) is 9.90 Å². The summed E-state index contributed by atoms with van der Waals surface area (Å²) in [5.74, 6) is 0.328. The minimum Gasteiger partial charge on any atom is -0.543 e. The van der Waals surface area contributed by atoms with Gasteiger partial charge in [0.15, 0.2) is 0 Å². The van der Waals surface area contributed by atoms with E-state index in [4.69, 9.17) is 4.74 Å². The second-order valence-corrected chi connectivity index (χ2v) is 6.75. The Hall–Kier alpha value is -0.880. The van der Waals surface area contributed by atoms with Crippen LogP contribution < -0.4 is 39.4 Å². The first-order valence-electron chi connectivity index (χ1n) is 7.50. The van der Waals surface area contributed by atoms with Crippen molar-refractivity contribution in [1.82, 2.24) is 4.98 Å². The van der Waals surface area contributed by atoms with Crippen LogP contribution in [-0.4, -0.2) is 17.6 Å². The predicted octanol–water partition coefficient (Wildman–Crippen LogP) is -0.411. The molecule has 0 unspecified atom stereocenters. The number of carbonyl (C=O) groups is 1. The van der Waals surface area contributed by atoms with Gasteiger partial charge in [-0.25, -0.2) is 4.98 Å². The van der Waals surface area contributed by atoms with Gasteiger partial charge in [-0.3, -0.25) is 0 Å². The fraction of sp³-hybridized carbons (Fsp3) is 0.412. The molecule has 23 heavy (non-hydrogen) atoms. The van der Waals surface area contributed by atoms with Crippen molar-refractivity contribution in [2.24, 2.45) is 5.92 Å². The number of rotatable bonds is 6. The second kappa shape index (κ2) is 8.29. The van der Waals surface area contributed by atoms with Crippen molar-refractivity contribution < 1.29 is 44.2 Å². The Labute approximate surface area is 162 Å². The molecule has 6 heteroatoms. The number of thiazole rings is 1. The molecule has 0 saturated heterocycles. The number of benzene rings is 1. The number of aryl methyl sites for hydroxylation is 1. The Kier molecular flexibility index (Phi) is 6.65. The van der Waals surface area contributed by atoms with Crippen molar-refractivity contribution in [3.8, 4) is 5.75 Å². The van der Waals surface area contributed by atoms with Crippen molar-refractivity contribution in [2.45, 2.75) is 32.6 Å². The molecule has 1 heterocycles. The molecular weight excluding hydrogens is 321 g/mol. The summed E-state index contributed by atoms with van der Waals surface area (Å²) in [7, 11) is 0. The van der Waals surface area contributed by atoms with Crippen molar-refractivity contribution in [2.75, 3.05) is 6.61 Å². The molecule has 1 aliphatic rings. The van der Waals surface area contributed by atoms with Gasteiger partial charge >= 0.3 is 29.6 Å². The second-order valence-electron chi connectivity index (χ2n) is 5.81. The van der Waals surface area contributed by atoms with E-state index in [0.29, 0.717) is 12.3 Å². The van der Waals surface area contributed by atoms with E-state index in [0.717, 1.165) is 28.5 Å². The molecule has 0 radical (unpaired) electrons. The molecule has 3 rings (SSSR count). The number of nitrogens with zero attached hydrogens (tertiary/aromatic N) is 1. The monoisotopic (exact) mass is 339 g/mol. The quantitative estimate of drug-likeness (QED) is 0.671. The van der Waals surface area contributed by atoms with Crippen LogP contribution in [0.1, 0.15) is 45.9 Å². The number of aromatic nitrogens is 1. The normalized spacial score (nSPS) is 14.0. The molecule has 1 aromatic carbocycles. The summed E-state index contributed by atoms with van der Waals surface area (Å²) < 4.78 is 5.97. The van der Waals surface area contributed by atoms with E-state index in [2.05, 4.69) is 11.1 Å². The average molecular weight is 339 g/mol. The predicted molar refractivity (Wildman–Crippen MR) is 83.3 cm³/mol. The first-order chi connectivity index (χ1) is 10.6. The van der Waals surface area contributed by atoms with Gasteiger partial charge in [0, 0.05) is 17.4 Å². The molecule has 1 aromatic heterocycles. The number of carboxylic acid groups (broad SMARTS) is 1. The summed E-state index contributed by atoms with van der Waals surface area (Å²) in [6.07, 6.45) is 4.39. The summed E-state index contributed by atoms with van der Waals surface area (Å²) in [5, 5.41) is 13.1. The Bertz CT molecular complexity index is 682. The largest absolute Gasteiger partial charge is 1.00 e. The molecule has 0 spiro atoms. The molecule has 1 aliphatic carbocycles. The maximum absolute atomic E-state index is 10.8. The van der Waals surface area contributed by atoms with Crippen LogP contribution in [0, 0.1) is 12.8 Å². The van der Waals surface area contributed by atoms with Crippen LogP contribution in [0.2, 0.25) is 0 Å². The third-order valence-corrected chi connectivity index (χ3v) is 4.87. The van der Waals surface area contributed by atoms with Crippen LogP contribution in [0.3, 0.4) is 0 Å². The number of hydrogen-bond donors (Lipinski definition) is 0. The molecule has 0 bridgehead atoms. The van der Waals surface area contributed by atoms with E-state index in [1.807, 2.05) is 19.1 Å². The molecule has 2 aromatic rings. The summed E-state index contributed by atoms with van der Waals surface area (Å²) >= 11 is 1.34. The van der Waals surface area contributed by atoms with Gasteiger partial charge in [-0.1, -0.05) is 24.1 Å². The van der Waals surface area contributed by atoms with Crippen molar-refractivity contribution >= 4 is 17.3 Å². The standard InChI is InChI=1S/C17H19NO3S.Na/c1-11-5-6-15(21-9-12-3-2-4-12)13(7-11)8-16-18-14(10-22-16)17(19)20;/h5-7,10,12H,2-4,8-9H2,1H3,(H,19,20);/q;+1/p-1. The SMILES string of the molecule is Cc1ccc(OCC2CCC2)c(Cc2nc(C(=O)[O-])cs2)c1.[Na+]. The number of ether oxygens (including phenoxy) is 1. The Morgan fingerprint density at radius 3 is 2.83 bits per heavy atom. The summed E-state index contributed by atoms with van der Waals surface area (Å²) in [6, 6.07) is 6.11. The van der Waals surface area contributed by atoms with Crippen LogP contribution in [0.15, 0.2) is 23.6 Å². The first-order valence-corrected chi connectivity index (χ1v) is 8.38. The van der Waals surface area contributed by atoms with E-state index in [-0.39, 0.29) is 35.3 Å². The topological polar surface area (TPSA) is 62.2 Å². The third-order valence-electron chi connectivity index (χ3n) is 4.02. The fourth-order valence-corrected chi connectivity index (χ4v) is 3.29. The van der Waals surface area contributed by atoms with Gasteiger partial charge < -0.3 is 14.6 Å². The number of hydrogen-bond acceptors (Lipinski definition) is 5. The van der Waals surface area contributed by atoms with E-state index < -0.39 is 5.97 Å². The average Bonchev–Trinajstić information content (AvgIpc) is 2.88. The van der Waals surface area contributed by atoms with E-state index in [1.54, 1.807) is 0 Å². The van der Waals surface area contributed by atoms with Crippen molar-refractivity contribution in [3.63, 3.8) is 0 Å². The zero-order chi connectivity index (χ0) is 15.5. The smallest absolute Gasteiger partial charge is 0.543 e. The Morgan fingerprint density at radius 1 is 1.43 bits per heavy atom. The Balaban J connectivity index is 0.00000192. The molecule has 0 atom stereocenters. The van der Waals surface area contributed by atoms with Gasteiger partial charge in [0.25, 0.3) is 0 Å². The van der Waals surface area contributed by atoms with E-state index >= 15 is 0 Å². The van der Waals surface area contributed by atoms with Crippen molar-refractivity contribution in [3.05, 3.63) is 45.4 Å². The van der Waals surface area contributed by atoms with Gasteiger partial charge in [0.2, 0.25) is 0 Å². The molecule has 4 nitrogen and oxygen atoms in total. The van der Waals surface area contributed by atoms with Gasteiger partial charge in [0.05, 0.1) is 23.3 Å². The molecular formula is C17H18NNaO3S. The first kappa shape index (κ1) is 18.5. The molecule has 0 N–H and O–H groups in total. The van der Waals surface area contributed by atoms with Crippen LogP contribution >= 0.6 is 11.3 Å². The molecule has 0 aliphatic heterocycles. The molecule has 1 saturated carbocycles. The van der Waals surface area contributed by atoms with Crippen molar-refractivity contribution in [1.29, 1.82) is 0 Å². The third kappa shape index (κ3) is 4.80. The maximum Gasteiger partial charge on any atom is 1.00 e. The van der Waals surface area contributed by atoms with Crippen LogP contribution in [-0.2, 0) is 6.42 Å². The zero-order valence-corrected chi connectivity index (χ0v) is 16.3. The molecule has 0 amide bonds. The summed E-state index contributed by atoms with van der Waals surface area (Å²) in [4.78, 5) is 14.9. The van der Waals surface area contributed by atoms with E-state index in [1.165, 1.54) is 36.0 Å². The number of carbonyl (C=O) groups excluding carboxylic acids is 1.